The molecule has 4 rings (SSSR count). The maximum absolute atomic E-state index is 11.2. The van der Waals surface area contributed by atoms with Gasteiger partial charge in [0.1, 0.15) is 5.71 Å². The molecular formula is C21H16N4O5. The van der Waals surface area contributed by atoms with E-state index in [2.05, 4.69) is 9.72 Å². The molecule has 0 aliphatic carbocycles. The maximum Gasteiger partial charge on any atom is 0.270 e. The molecule has 0 saturated carbocycles. The number of nitrogens with zero attached hydrogens (tertiary/aromatic N) is 4. The number of hydrogen-bond donors (Lipinski definition) is 1. The number of fused-ring (bicyclic) bond motifs is 3. The van der Waals surface area contributed by atoms with Crippen LogP contribution < -0.4 is 0 Å². The molecule has 0 atom stereocenters. The zero-order valence-electron chi connectivity index (χ0n) is 15.8. The highest BCUT2D eigenvalue weighted by Gasteiger charge is 2.17. The van der Waals surface area contributed by atoms with Crippen LogP contribution >= 0.6 is 0 Å². The van der Waals surface area contributed by atoms with Gasteiger partial charge in [-0.25, -0.2) is 0 Å². The SMILES string of the molecule is CCn1c2ccc(C(=NO)c3ccc([N+](=O)[O-])cc3)cc2c2cc([N+](=O)[O-])ccc21. The third-order valence-electron chi connectivity index (χ3n) is 5.10. The summed E-state index contributed by atoms with van der Waals surface area (Å²) in [6.45, 7) is 2.67. The minimum atomic E-state index is -0.502. The third-order valence-corrected chi connectivity index (χ3v) is 5.10. The predicted octanol–water partition coefficient (Wildman–Crippen LogP) is 4.86. The van der Waals surface area contributed by atoms with Gasteiger partial charge in [0, 0.05) is 63.7 Å². The van der Waals surface area contributed by atoms with Gasteiger partial charge in [-0.05, 0) is 37.3 Å². The first-order valence-corrected chi connectivity index (χ1v) is 9.12. The summed E-state index contributed by atoms with van der Waals surface area (Å²) in [5.41, 5.74) is 3.04. The summed E-state index contributed by atoms with van der Waals surface area (Å²) in [7, 11) is 0. The fourth-order valence-electron chi connectivity index (χ4n) is 3.72. The van der Waals surface area contributed by atoms with Crippen molar-refractivity contribution in [3.05, 3.63) is 92.0 Å². The molecule has 0 fully saturated rings. The van der Waals surface area contributed by atoms with Crippen molar-refractivity contribution in [1.29, 1.82) is 0 Å². The van der Waals surface area contributed by atoms with Crippen molar-refractivity contribution in [3.8, 4) is 0 Å². The summed E-state index contributed by atoms with van der Waals surface area (Å²) in [6, 6.07) is 15.9. The number of aromatic nitrogens is 1. The molecule has 9 nitrogen and oxygen atoms in total. The van der Waals surface area contributed by atoms with E-state index in [0.717, 1.165) is 21.8 Å². The molecule has 4 aromatic rings. The topological polar surface area (TPSA) is 124 Å². The molecule has 9 heteroatoms. The van der Waals surface area contributed by atoms with E-state index in [-0.39, 0.29) is 17.1 Å². The molecule has 30 heavy (non-hydrogen) atoms. The summed E-state index contributed by atoms with van der Waals surface area (Å²) >= 11 is 0. The molecule has 0 radical (unpaired) electrons. The number of benzene rings is 3. The largest absolute Gasteiger partial charge is 0.410 e. The number of rotatable bonds is 5. The Hall–Kier alpha value is -4.27. The van der Waals surface area contributed by atoms with Crippen molar-refractivity contribution in [1.82, 2.24) is 4.57 Å². The van der Waals surface area contributed by atoms with E-state index in [9.17, 15) is 25.4 Å². The summed E-state index contributed by atoms with van der Waals surface area (Å²) in [5, 5.41) is 36.6. The van der Waals surface area contributed by atoms with Gasteiger partial charge in [-0.3, -0.25) is 20.2 Å². The molecule has 1 N–H and O–H groups in total. The van der Waals surface area contributed by atoms with Crippen molar-refractivity contribution in [2.45, 2.75) is 13.5 Å². The molecule has 1 heterocycles. The van der Waals surface area contributed by atoms with Crippen molar-refractivity contribution in [2.24, 2.45) is 5.16 Å². The lowest BCUT2D eigenvalue weighted by atomic mass is 10.00. The smallest absolute Gasteiger partial charge is 0.270 e. The molecule has 0 aliphatic rings. The Kier molecular flexibility index (Phi) is 4.63. The Balaban J connectivity index is 1.91. The van der Waals surface area contributed by atoms with Crippen LogP contribution in [0.3, 0.4) is 0 Å². The molecular weight excluding hydrogens is 388 g/mol. The van der Waals surface area contributed by atoms with Crippen molar-refractivity contribution in [3.63, 3.8) is 0 Å². The quantitative estimate of drug-likeness (QED) is 0.220. The Morgan fingerprint density at radius 1 is 0.867 bits per heavy atom. The van der Waals surface area contributed by atoms with Gasteiger partial charge in [0.15, 0.2) is 0 Å². The monoisotopic (exact) mass is 404 g/mol. The zero-order chi connectivity index (χ0) is 21.4. The Labute approximate surface area is 169 Å². The fourth-order valence-corrected chi connectivity index (χ4v) is 3.72. The van der Waals surface area contributed by atoms with Crippen molar-refractivity contribution < 1.29 is 15.1 Å². The van der Waals surface area contributed by atoms with E-state index in [1.165, 1.54) is 36.4 Å². The van der Waals surface area contributed by atoms with Crippen LogP contribution in [0.25, 0.3) is 21.8 Å². The number of nitro groups is 2. The normalized spacial score (nSPS) is 11.8. The highest BCUT2D eigenvalue weighted by Crippen LogP contribution is 2.33. The average molecular weight is 404 g/mol. The van der Waals surface area contributed by atoms with Crippen molar-refractivity contribution in [2.75, 3.05) is 0 Å². The number of aryl methyl sites for hydroxylation is 1. The highest BCUT2D eigenvalue weighted by atomic mass is 16.6. The summed E-state index contributed by atoms with van der Waals surface area (Å²) in [4.78, 5) is 21.2. The van der Waals surface area contributed by atoms with Crippen LogP contribution in [0.4, 0.5) is 11.4 Å². The second-order valence-electron chi connectivity index (χ2n) is 6.69. The van der Waals surface area contributed by atoms with Crippen LogP contribution in [0.1, 0.15) is 18.1 Å². The van der Waals surface area contributed by atoms with E-state index < -0.39 is 9.85 Å². The van der Waals surface area contributed by atoms with Gasteiger partial charge in [0.2, 0.25) is 0 Å². The van der Waals surface area contributed by atoms with E-state index in [1.807, 2.05) is 19.1 Å². The Morgan fingerprint density at radius 2 is 1.40 bits per heavy atom. The molecule has 150 valence electrons. The van der Waals surface area contributed by atoms with Crippen LogP contribution in [0.15, 0.2) is 65.8 Å². The summed E-state index contributed by atoms with van der Waals surface area (Å²) in [6.07, 6.45) is 0. The first-order chi connectivity index (χ1) is 14.4. The van der Waals surface area contributed by atoms with Crippen molar-refractivity contribution >= 4 is 38.9 Å². The highest BCUT2D eigenvalue weighted by molar-refractivity contribution is 6.17. The van der Waals surface area contributed by atoms with Gasteiger partial charge in [0.25, 0.3) is 11.4 Å². The molecule has 0 amide bonds. The van der Waals surface area contributed by atoms with Crippen LogP contribution in [-0.4, -0.2) is 25.3 Å². The average Bonchev–Trinajstić information content (AvgIpc) is 3.07. The summed E-state index contributed by atoms with van der Waals surface area (Å²) < 4.78 is 2.06. The molecule has 3 aromatic carbocycles. The standard InChI is InChI=1S/C21H16N4O5/c1-2-23-19-9-5-14(21(22-26)13-3-6-15(7-4-13)24(27)28)11-17(19)18-12-16(25(29)30)8-10-20(18)23/h3-12,26H,2H2,1H3. The molecule has 1 aromatic heterocycles. The van der Waals surface area contributed by atoms with Crippen LogP contribution in [0.5, 0.6) is 0 Å². The van der Waals surface area contributed by atoms with E-state index >= 15 is 0 Å². The zero-order valence-corrected chi connectivity index (χ0v) is 15.8. The Bertz CT molecular complexity index is 1340. The van der Waals surface area contributed by atoms with Gasteiger partial charge < -0.3 is 9.77 Å². The molecule has 0 unspecified atom stereocenters. The first kappa shape index (κ1) is 19.1. The van der Waals surface area contributed by atoms with Crippen LogP contribution in [0, 0.1) is 20.2 Å². The van der Waals surface area contributed by atoms with Gasteiger partial charge in [0.05, 0.1) is 9.85 Å². The van der Waals surface area contributed by atoms with E-state index in [0.29, 0.717) is 17.7 Å². The first-order valence-electron chi connectivity index (χ1n) is 9.12. The predicted molar refractivity (Wildman–Crippen MR) is 112 cm³/mol. The molecule has 0 aliphatic heterocycles. The fraction of sp³-hybridized carbons (Fsp3) is 0.0952. The van der Waals surface area contributed by atoms with Crippen LogP contribution in [0.2, 0.25) is 0 Å². The van der Waals surface area contributed by atoms with Crippen LogP contribution in [-0.2, 0) is 6.54 Å². The van der Waals surface area contributed by atoms with E-state index in [4.69, 9.17) is 0 Å². The number of non-ortho nitro benzene ring substituents is 2. The molecule has 0 saturated heterocycles. The third kappa shape index (κ3) is 3.02. The van der Waals surface area contributed by atoms with Gasteiger partial charge >= 0.3 is 0 Å². The Morgan fingerprint density at radius 3 is 1.97 bits per heavy atom. The summed E-state index contributed by atoms with van der Waals surface area (Å²) in [5.74, 6) is 0. The lowest BCUT2D eigenvalue weighted by Crippen LogP contribution is -2.04. The van der Waals surface area contributed by atoms with Gasteiger partial charge in [-0.1, -0.05) is 11.2 Å². The van der Waals surface area contributed by atoms with Gasteiger partial charge in [-0.2, -0.15) is 0 Å². The second-order valence-corrected chi connectivity index (χ2v) is 6.69. The minimum Gasteiger partial charge on any atom is -0.410 e. The van der Waals surface area contributed by atoms with E-state index in [1.54, 1.807) is 12.1 Å². The number of hydrogen-bond acceptors (Lipinski definition) is 6. The van der Waals surface area contributed by atoms with Gasteiger partial charge in [-0.15, -0.1) is 0 Å². The molecule has 0 spiro atoms. The lowest BCUT2D eigenvalue weighted by molar-refractivity contribution is -0.385. The number of nitro benzene ring substituents is 2. The minimum absolute atomic E-state index is 0.00512. The maximum atomic E-state index is 11.2. The molecule has 0 bridgehead atoms. The second kappa shape index (κ2) is 7.28. The number of oxime groups is 1. The lowest BCUT2D eigenvalue weighted by Gasteiger charge is -2.07.